The number of nitrogens with zero attached hydrogens (tertiary/aromatic N) is 2. The first-order chi connectivity index (χ1) is 8.19. The van der Waals surface area contributed by atoms with Crippen molar-refractivity contribution in [2.45, 2.75) is 32.2 Å². The highest BCUT2D eigenvalue weighted by Crippen LogP contribution is 2.46. The van der Waals surface area contributed by atoms with Crippen LogP contribution in [0.1, 0.15) is 26.2 Å². The number of carbonyl (C=O) groups is 1. The van der Waals surface area contributed by atoms with Crippen LogP contribution in [0.2, 0.25) is 0 Å². The average molecular weight is 274 g/mol. The molecule has 3 aliphatic rings. The summed E-state index contributed by atoms with van der Waals surface area (Å²) in [5.41, 5.74) is 0.0110. The van der Waals surface area contributed by atoms with Crippen LogP contribution in [-0.4, -0.2) is 61.0 Å². The molecule has 0 bridgehead atoms. The van der Waals surface area contributed by atoms with Crippen LogP contribution in [0.15, 0.2) is 0 Å². The molecule has 2 aliphatic heterocycles. The fraction of sp³-hybridized carbons (Fsp3) is 0.923. The van der Waals surface area contributed by atoms with Crippen molar-refractivity contribution in [3.8, 4) is 0 Å². The smallest absolute Gasteiger partial charge is 0.228 e. The molecule has 5 heteroatoms. The number of rotatable bonds is 2. The van der Waals surface area contributed by atoms with Crippen molar-refractivity contribution in [2.24, 2.45) is 5.41 Å². The van der Waals surface area contributed by atoms with Gasteiger partial charge in [0.2, 0.25) is 5.91 Å². The van der Waals surface area contributed by atoms with Gasteiger partial charge < -0.3 is 10.2 Å². The lowest BCUT2D eigenvalue weighted by Gasteiger charge is -2.38. The van der Waals surface area contributed by atoms with Crippen LogP contribution in [0.5, 0.6) is 0 Å². The van der Waals surface area contributed by atoms with E-state index in [-0.39, 0.29) is 17.8 Å². The number of piperazine rings is 1. The predicted molar refractivity (Wildman–Crippen MR) is 74.0 cm³/mol. The molecule has 18 heavy (non-hydrogen) atoms. The lowest BCUT2D eigenvalue weighted by molar-refractivity contribution is -0.138. The Hall–Kier alpha value is -0.320. The second kappa shape index (κ2) is 5.35. The third kappa shape index (κ3) is 2.65. The monoisotopic (exact) mass is 273 g/mol. The standard InChI is InChI=1S/C13H23N3O.ClH/c1-13(3-4-13)12(17)16-8-6-15(7-9-16)11-2-5-14-10-11;/h11,14H,2-10H2,1H3;1H. The normalized spacial score (nSPS) is 30.9. The second-order valence-corrected chi connectivity index (χ2v) is 6.04. The third-order valence-electron chi connectivity index (χ3n) is 4.67. The summed E-state index contributed by atoms with van der Waals surface area (Å²) in [6, 6.07) is 0.712. The van der Waals surface area contributed by atoms with Crippen molar-refractivity contribution >= 4 is 18.3 Å². The molecule has 1 atom stereocenters. The summed E-state index contributed by atoms with van der Waals surface area (Å²) < 4.78 is 0. The van der Waals surface area contributed by atoms with E-state index in [0.29, 0.717) is 11.9 Å². The zero-order valence-corrected chi connectivity index (χ0v) is 12.0. The highest BCUT2D eigenvalue weighted by atomic mass is 35.5. The van der Waals surface area contributed by atoms with Gasteiger partial charge in [0, 0.05) is 44.2 Å². The zero-order chi connectivity index (χ0) is 11.9. The lowest BCUT2D eigenvalue weighted by atomic mass is 10.1. The minimum Gasteiger partial charge on any atom is -0.340 e. The number of hydrogen-bond acceptors (Lipinski definition) is 3. The van der Waals surface area contributed by atoms with Crippen molar-refractivity contribution in [3.05, 3.63) is 0 Å². The number of amides is 1. The van der Waals surface area contributed by atoms with E-state index in [1.165, 1.54) is 6.42 Å². The van der Waals surface area contributed by atoms with E-state index in [9.17, 15) is 4.79 Å². The molecule has 0 aromatic carbocycles. The van der Waals surface area contributed by atoms with Gasteiger partial charge in [-0.1, -0.05) is 6.92 Å². The third-order valence-corrected chi connectivity index (χ3v) is 4.67. The van der Waals surface area contributed by atoms with Crippen molar-refractivity contribution in [1.29, 1.82) is 0 Å². The molecule has 1 saturated carbocycles. The maximum atomic E-state index is 12.2. The molecule has 1 unspecified atom stereocenters. The molecule has 0 aromatic rings. The van der Waals surface area contributed by atoms with Crippen molar-refractivity contribution in [2.75, 3.05) is 39.3 Å². The Morgan fingerprint density at radius 2 is 1.89 bits per heavy atom. The Balaban J connectivity index is 0.00000120. The van der Waals surface area contributed by atoms with Crippen LogP contribution in [0.4, 0.5) is 0 Å². The molecule has 3 rings (SSSR count). The van der Waals surface area contributed by atoms with Crippen molar-refractivity contribution < 1.29 is 4.79 Å². The number of halogens is 1. The predicted octanol–water partition coefficient (Wildman–Crippen LogP) is 0.714. The van der Waals surface area contributed by atoms with E-state index in [1.54, 1.807) is 0 Å². The molecule has 3 fully saturated rings. The van der Waals surface area contributed by atoms with Gasteiger partial charge in [0.1, 0.15) is 0 Å². The molecular formula is C13H24ClN3O. The Labute approximate surface area is 115 Å². The van der Waals surface area contributed by atoms with Gasteiger partial charge in [0.05, 0.1) is 0 Å². The molecular weight excluding hydrogens is 250 g/mol. The van der Waals surface area contributed by atoms with Gasteiger partial charge in [-0.25, -0.2) is 0 Å². The van der Waals surface area contributed by atoms with Crippen molar-refractivity contribution in [1.82, 2.24) is 15.1 Å². The van der Waals surface area contributed by atoms with Gasteiger partial charge in [-0.3, -0.25) is 9.69 Å². The lowest BCUT2D eigenvalue weighted by Crippen LogP contribution is -2.53. The Bertz CT molecular complexity index is 305. The highest BCUT2D eigenvalue weighted by Gasteiger charge is 2.47. The van der Waals surface area contributed by atoms with E-state index in [0.717, 1.165) is 52.1 Å². The van der Waals surface area contributed by atoms with Gasteiger partial charge in [0.15, 0.2) is 0 Å². The quantitative estimate of drug-likeness (QED) is 0.805. The summed E-state index contributed by atoms with van der Waals surface area (Å²) in [5, 5.41) is 3.42. The number of hydrogen-bond donors (Lipinski definition) is 1. The van der Waals surface area contributed by atoms with Gasteiger partial charge >= 0.3 is 0 Å². The Kier molecular flexibility index (Phi) is 4.19. The van der Waals surface area contributed by atoms with E-state index in [4.69, 9.17) is 0 Å². The van der Waals surface area contributed by atoms with Gasteiger partial charge in [-0.05, 0) is 25.8 Å². The molecule has 1 N–H and O–H groups in total. The summed E-state index contributed by atoms with van der Waals surface area (Å²) in [5.74, 6) is 0.404. The largest absolute Gasteiger partial charge is 0.340 e. The van der Waals surface area contributed by atoms with Crippen LogP contribution >= 0.6 is 12.4 Å². The van der Waals surface area contributed by atoms with Crippen LogP contribution in [-0.2, 0) is 4.79 Å². The molecule has 2 saturated heterocycles. The second-order valence-electron chi connectivity index (χ2n) is 6.04. The molecule has 1 aliphatic carbocycles. The van der Waals surface area contributed by atoms with Crippen LogP contribution in [0, 0.1) is 5.41 Å². The SMILES string of the molecule is CC1(C(=O)N2CCN(C3CCNC3)CC2)CC1.Cl. The number of nitrogens with one attached hydrogen (secondary N) is 1. The molecule has 104 valence electrons. The minimum absolute atomic E-state index is 0. The fourth-order valence-electron chi connectivity index (χ4n) is 3.02. The summed E-state index contributed by atoms with van der Waals surface area (Å²) >= 11 is 0. The molecule has 2 heterocycles. The van der Waals surface area contributed by atoms with E-state index >= 15 is 0 Å². The molecule has 0 spiro atoms. The van der Waals surface area contributed by atoms with E-state index in [2.05, 4.69) is 22.0 Å². The Morgan fingerprint density at radius 3 is 2.39 bits per heavy atom. The van der Waals surface area contributed by atoms with Gasteiger partial charge in [-0.2, -0.15) is 0 Å². The van der Waals surface area contributed by atoms with Gasteiger partial charge in [0.25, 0.3) is 0 Å². The van der Waals surface area contributed by atoms with Crippen molar-refractivity contribution in [3.63, 3.8) is 0 Å². The highest BCUT2D eigenvalue weighted by molar-refractivity contribution is 5.85. The maximum Gasteiger partial charge on any atom is 0.228 e. The summed E-state index contributed by atoms with van der Waals surface area (Å²) in [6.07, 6.45) is 3.46. The van der Waals surface area contributed by atoms with E-state index < -0.39 is 0 Å². The molecule has 1 amide bonds. The first-order valence-electron chi connectivity index (χ1n) is 6.93. The Morgan fingerprint density at radius 1 is 1.22 bits per heavy atom. The number of carbonyl (C=O) groups excluding carboxylic acids is 1. The van der Waals surface area contributed by atoms with Crippen LogP contribution in [0.25, 0.3) is 0 Å². The fourth-order valence-corrected chi connectivity index (χ4v) is 3.02. The average Bonchev–Trinajstić information content (AvgIpc) is 2.91. The van der Waals surface area contributed by atoms with E-state index in [1.807, 2.05) is 0 Å². The summed E-state index contributed by atoms with van der Waals surface area (Å²) in [4.78, 5) is 16.8. The minimum atomic E-state index is 0. The zero-order valence-electron chi connectivity index (χ0n) is 11.2. The van der Waals surface area contributed by atoms with Crippen LogP contribution < -0.4 is 5.32 Å². The molecule has 4 nitrogen and oxygen atoms in total. The first-order valence-corrected chi connectivity index (χ1v) is 6.93. The van der Waals surface area contributed by atoms with Gasteiger partial charge in [-0.15, -0.1) is 12.4 Å². The van der Waals surface area contributed by atoms with Crippen LogP contribution in [0.3, 0.4) is 0 Å². The molecule has 0 radical (unpaired) electrons. The summed E-state index contributed by atoms with van der Waals surface area (Å²) in [7, 11) is 0. The topological polar surface area (TPSA) is 35.6 Å². The maximum absolute atomic E-state index is 12.2. The first kappa shape index (κ1) is 14.1. The molecule has 0 aromatic heterocycles. The summed E-state index contributed by atoms with van der Waals surface area (Å²) in [6.45, 7) is 8.40.